The summed E-state index contributed by atoms with van der Waals surface area (Å²) >= 11 is 0. The Morgan fingerprint density at radius 1 is 0.949 bits per heavy atom. The molecular weight excluding hydrogens is 484 g/mol. The van der Waals surface area contributed by atoms with Gasteiger partial charge in [0, 0.05) is 29.9 Å². The molecule has 5 aromatic rings. The van der Waals surface area contributed by atoms with Gasteiger partial charge in [-0.3, -0.25) is 4.79 Å². The largest absolute Gasteiger partial charge is 0.361 e. The summed E-state index contributed by atoms with van der Waals surface area (Å²) in [5.74, 6) is 1.38. The Bertz CT molecular complexity index is 1540. The Morgan fingerprint density at radius 2 is 1.67 bits per heavy atom. The predicted octanol–water partition coefficient (Wildman–Crippen LogP) is 5.04. The van der Waals surface area contributed by atoms with Crippen LogP contribution in [0.4, 0.5) is 0 Å². The van der Waals surface area contributed by atoms with E-state index in [9.17, 15) is 4.79 Å². The molecular formula is C32H36N6O. The fraction of sp³-hybridized carbons (Fsp3) is 0.281. The molecule has 3 aromatic carbocycles. The average molecular weight is 521 g/mol. The molecule has 7 heteroatoms. The number of carbonyl (C=O) groups excluding carboxylic acids is 1. The minimum Gasteiger partial charge on any atom is -0.361 e. The van der Waals surface area contributed by atoms with Gasteiger partial charge in [-0.1, -0.05) is 78.4 Å². The Hall–Kier alpha value is -4.23. The van der Waals surface area contributed by atoms with E-state index < -0.39 is 11.6 Å². The molecule has 2 heterocycles. The van der Waals surface area contributed by atoms with Crippen LogP contribution in [-0.2, 0) is 30.6 Å². The van der Waals surface area contributed by atoms with Crippen LogP contribution in [0.1, 0.15) is 53.8 Å². The van der Waals surface area contributed by atoms with E-state index in [4.69, 9.17) is 5.73 Å². The molecule has 1 atom stereocenters. The first-order chi connectivity index (χ1) is 18.8. The van der Waals surface area contributed by atoms with Crippen LogP contribution in [0.5, 0.6) is 0 Å². The number of hydrogen-bond acceptors (Lipinski definition) is 4. The lowest BCUT2D eigenvalue weighted by Gasteiger charge is -2.25. The van der Waals surface area contributed by atoms with Crippen LogP contribution in [0.25, 0.3) is 10.9 Å². The molecule has 7 nitrogen and oxygen atoms in total. The number of aromatic nitrogens is 4. The molecule has 5 rings (SSSR count). The number of nitrogens with one attached hydrogen (secondary N) is 2. The molecule has 0 spiro atoms. The Morgan fingerprint density at radius 3 is 2.41 bits per heavy atom. The molecule has 0 saturated carbocycles. The highest BCUT2D eigenvalue weighted by Crippen LogP contribution is 2.26. The number of hydrogen-bond donors (Lipinski definition) is 3. The number of aryl methyl sites for hydroxylation is 3. The maximum atomic E-state index is 13.2. The molecule has 0 aliphatic carbocycles. The fourth-order valence-corrected chi connectivity index (χ4v) is 4.81. The number of nitrogens with two attached hydrogens (primary N) is 1. The molecule has 0 bridgehead atoms. The van der Waals surface area contributed by atoms with Crippen molar-refractivity contribution >= 4 is 16.8 Å². The molecule has 2 aromatic heterocycles. The third kappa shape index (κ3) is 6.26. The topological polar surface area (TPSA) is 102 Å². The Kier molecular flexibility index (Phi) is 7.61. The molecule has 1 amide bonds. The quantitative estimate of drug-likeness (QED) is 0.240. The maximum Gasteiger partial charge on any atom is 0.240 e. The van der Waals surface area contributed by atoms with Gasteiger partial charge < -0.3 is 20.6 Å². The number of amides is 1. The predicted molar refractivity (Wildman–Crippen MR) is 155 cm³/mol. The Balaban J connectivity index is 1.53. The lowest BCUT2D eigenvalue weighted by atomic mass is 10.0. The molecule has 200 valence electrons. The van der Waals surface area contributed by atoms with E-state index in [1.807, 2.05) is 24.4 Å². The monoisotopic (exact) mass is 520 g/mol. The maximum absolute atomic E-state index is 13.2. The van der Waals surface area contributed by atoms with Gasteiger partial charge in [-0.2, -0.15) is 0 Å². The van der Waals surface area contributed by atoms with Gasteiger partial charge in [-0.05, 0) is 49.9 Å². The second-order valence-electron chi connectivity index (χ2n) is 10.8. The summed E-state index contributed by atoms with van der Waals surface area (Å²) in [5.41, 5.74) is 10.9. The van der Waals surface area contributed by atoms with Crippen LogP contribution in [0, 0.1) is 6.92 Å². The van der Waals surface area contributed by atoms with E-state index in [0.29, 0.717) is 13.0 Å². The van der Waals surface area contributed by atoms with Crippen LogP contribution in [-0.4, -0.2) is 31.2 Å². The van der Waals surface area contributed by atoms with Gasteiger partial charge in [0.1, 0.15) is 5.82 Å². The number of nitrogens with zero attached hydrogens (tertiary/aromatic N) is 3. The lowest BCUT2D eigenvalue weighted by molar-refractivity contribution is -0.126. The van der Waals surface area contributed by atoms with Crippen molar-refractivity contribution in [2.45, 2.75) is 58.2 Å². The summed E-state index contributed by atoms with van der Waals surface area (Å²) in [7, 11) is 0. The third-order valence-corrected chi connectivity index (χ3v) is 7.10. The van der Waals surface area contributed by atoms with Crippen LogP contribution in [0.3, 0.4) is 0 Å². The highest BCUT2D eigenvalue weighted by Gasteiger charge is 2.29. The van der Waals surface area contributed by atoms with E-state index in [-0.39, 0.29) is 5.91 Å². The van der Waals surface area contributed by atoms with E-state index in [0.717, 1.165) is 46.5 Å². The first-order valence-electron chi connectivity index (χ1n) is 13.4. The highest BCUT2D eigenvalue weighted by molar-refractivity contribution is 5.86. The molecule has 0 unspecified atom stereocenters. The van der Waals surface area contributed by atoms with Crippen LogP contribution in [0.2, 0.25) is 0 Å². The molecule has 4 N–H and O–H groups in total. The second-order valence-corrected chi connectivity index (χ2v) is 10.8. The number of aromatic amines is 1. The van der Waals surface area contributed by atoms with Gasteiger partial charge in [0.15, 0.2) is 5.82 Å². The summed E-state index contributed by atoms with van der Waals surface area (Å²) in [6.07, 6.45) is 4.14. The van der Waals surface area contributed by atoms with Gasteiger partial charge in [0.2, 0.25) is 5.91 Å². The first kappa shape index (κ1) is 26.4. The number of fused-ring (bicyclic) bond motifs is 1. The van der Waals surface area contributed by atoms with Crippen molar-refractivity contribution in [3.63, 3.8) is 0 Å². The van der Waals surface area contributed by atoms with E-state index in [2.05, 4.69) is 92.7 Å². The van der Waals surface area contributed by atoms with Crippen molar-refractivity contribution in [1.29, 1.82) is 0 Å². The van der Waals surface area contributed by atoms with Gasteiger partial charge in [0.05, 0.1) is 18.1 Å². The van der Waals surface area contributed by atoms with Crippen LogP contribution < -0.4 is 11.1 Å². The fourth-order valence-electron chi connectivity index (χ4n) is 4.81. The summed E-state index contributed by atoms with van der Waals surface area (Å²) in [6, 6.07) is 26.7. The van der Waals surface area contributed by atoms with Gasteiger partial charge in [-0.15, -0.1) is 10.2 Å². The number of carbonyl (C=O) groups is 1. The highest BCUT2D eigenvalue weighted by atomic mass is 16.2. The molecule has 0 radical (unpaired) electrons. The lowest BCUT2D eigenvalue weighted by Crippen LogP contribution is -2.50. The molecule has 0 aliphatic heterocycles. The number of H-pyrrole nitrogens is 1. The second kappa shape index (κ2) is 11.3. The van der Waals surface area contributed by atoms with Crippen LogP contribution >= 0.6 is 0 Å². The number of para-hydroxylation sites is 1. The van der Waals surface area contributed by atoms with Crippen molar-refractivity contribution in [3.05, 3.63) is 119 Å². The van der Waals surface area contributed by atoms with Crippen molar-refractivity contribution in [2.75, 3.05) is 0 Å². The molecule has 0 aliphatic rings. The summed E-state index contributed by atoms with van der Waals surface area (Å²) in [4.78, 5) is 16.5. The van der Waals surface area contributed by atoms with Crippen molar-refractivity contribution in [3.8, 4) is 0 Å². The zero-order valence-electron chi connectivity index (χ0n) is 22.8. The summed E-state index contributed by atoms with van der Waals surface area (Å²) in [6.45, 7) is 6.13. The number of rotatable bonds is 10. The minimum atomic E-state index is -1.03. The smallest absolute Gasteiger partial charge is 0.240 e. The Labute approximate surface area is 229 Å². The zero-order valence-corrected chi connectivity index (χ0v) is 22.8. The molecule has 0 saturated heterocycles. The molecule has 0 fully saturated rings. The third-order valence-electron chi connectivity index (χ3n) is 7.10. The average Bonchev–Trinajstić information content (AvgIpc) is 3.52. The van der Waals surface area contributed by atoms with Crippen molar-refractivity contribution in [1.82, 2.24) is 25.1 Å². The molecule has 39 heavy (non-hydrogen) atoms. The van der Waals surface area contributed by atoms with Crippen LogP contribution in [0.15, 0.2) is 85.1 Å². The standard InChI is InChI=1S/C32H36N6O/c1-22-13-15-24(16-14-22)21-38-29(18-17-23-9-5-4-6-10-23)36-37-30(38)28(35-31(39)32(2,3)33)19-25-20-34-27-12-8-7-11-26(25)27/h4-16,20,28,34H,17-19,21,33H2,1-3H3,(H,35,39)/t28-/m1/s1. The SMILES string of the molecule is Cc1ccc(Cn2c(CCc3ccccc3)nnc2[C@@H](Cc2c[nH]c3ccccc23)NC(=O)C(C)(C)N)cc1. The van der Waals surface area contributed by atoms with Gasteiger partial charge in [-0.25, -0.2) is 0 Å². The van der Waals surface area contributed by atoms with Crippen molar-refractivity contribution in [2.24, 2.45) is 5.73 Å². The van der Waals surface area contributed by atoms with Gasteiger partial charge in [0.25, 0.3) is 0 Å². The minimum absolute atomic E-state index is 0.233. The summed E-state index contributed by atoms with van der Waals surface area (Å²) in [5, 5.41) is 13.7. The van der Waals surface area contributed by atoms with Crippen molar-refractivity contribution < 1.29 is 4.79 Å². The normalized spacial score (nSPS) is 12.5. The first-order valence-corrected chi connectivity index (χ1v) is 13.4. The number of benzene rings is 3. The van der Waals surface area contributed by atoms with E-state index in [1.54, 1.807) is 13.8 Å². The van der Waals surface area contributed by atoms with E-state index in [1.165, 1.54) is 11.1 Å². The zero-order chi connectivity index (χ0) is 27.4. The van der Waals surface area contributed by atoms with E-state index >= 15 is 0 Å². The summed E-state index contributed by atoms with van der Waals surface area (Å²) < 4.78 is 2.16. The van der Waals surface area contributed by atoms with Gasteiger partial charge >= 0.3 is 0 Å².